The highest BCUT2D eigenvalue weighted by Crippen LogP contribution is 2.27. The van der Waals surface area contributed by atoms with Crippen molar-refractivity contribution in [3.8, 4) is 5.75 Å². The molecule has 1 rings (SSSR count). The molecular weight excluding hydrogens is 257 g/mol. The van der Waals surface area contributed by atoms with Crippen LogP contribution in [0, 0.1) is 5.82 Å². The molecule has 1 aromatic carbocycles. The Kier molecular flexibility index (Phi) is 4.27. The normalized spacial score (nSPS) is 12.3. The van der Waals surface area contributed by atoms with Crippen molar-refractivity contribution in [2.75, 3.05) is 0 Å². The summed E-state index contributed by atoms with van der Waals surface area (Å²) in [7, 11) is 0. The van der Waals surface area contributed by atoms with E-state index in [9.17, 15) is 22.8 Å². The van der Waals surface area contributed by atoms with E-state index in [1.807, 2.05) is 0 Å². The van der Waals surface area contributed by atoms with Crippen LogP contribution in [0.2, 0.25) is 0 Å². The molecule has 1 unspecified atom stereocenters. The Morgan fingerprint density at radius 3 is 2.44 bits per heavy atom. The van der Waals surface area contributed by atoms with Gasteiger partial charge in [0.05, 0.1) is 5.56 Å². The lowest BCUT2D eigenvalue weighted by molar-refractivity contribution is -0.147. The van der Waals surface area contributed by atoms with E-state index in [0.29, 0.717) is 12.1 Å². The number of carbonyl (C=O) groups is 2. The first-order valence-electron chi connectivity index (χ1n) is 4.51. The van der Waals surface area contributed by atoms with Crippen LogP contribution in [-0.4, -0.2) is 29.1 Å². The highest BCUT2D eigenvalue weighted by Gasteiger charge is 2.23. The number of rotatable bonds is 5. The summed E-state index contributed by atoms with van der Waals surface area (Å²) in [4.78, 5) is 21.0. The quantitative estimate of drug-likeness (QED) is 0.784. The maximum Gasteiger partial charge on any atom is 0.387 e. The van der Waals surface area contributed by atoms with Crippen LogP contribution in [0.15, 0.2) is 12.1 Å². The van der Waals surface area contributed by atoms with Gasteiger partial charge < -0.3 is 14.9 Å². The zero-order valence-corrected chi connectivity index (χ0v) is 8.64. The molecule has 0 spiro atoms. The smallest absolute Gasteiger partial charge is 0.387 e. The van der Waals surface area contributed by atoms with Crippen LogP contribution in [0.3, 0.4) is 0 Å². The van der Waals surface area contributed by atoms with Crippen LogP contribution in [0.4, 0.5) is 13.2 Å². The molecule has 18 heavy (non-hydrogen) atoms. The molecule has 0 radical (unpaired) electrons. The van der Waals surface area contributed by atoms with Crippen molar-refractivity contribution >= 4 is 12.3 Å². The second-order valence-electron chi connectivity index (χ2n) is 3.15. The van der Waals surface area contributed by atoms with Crippen LogP contribution in [0.1, 0.15) is 22.0 Å². The van der Waals surface area contributed by atoms with Crippen LogP contribution in [0.5, 0.6) is 5.75 Å². The van der Waals surface area contributed by atoms with Gasteiger partial charge in [-0.2, -0.15) is 8.78 Å². The molecule has 0 aliphatic rings. The lowest BCUT2D eigenvalue weighted by atomic mass is 10.1. The maximum atomic E-state index is 13.3. The van der Waals surface area contributed by atoms with E-state index in [-0.39, 0.29) is 6.29 Å². The lowest BCUT2D eigenvalue weighted by Gasteiger charge is -2.12. The van der Waals surface area contributed by atoms with E-state index in [1.165, 1.54) is 0 Å². The molecule has 2 N–H and O–H groups in total. The minimum Gasteiger partial charge on any atom is -0.479 e. The topological polar surface area (TPSA) is 83.8 Å². The molecule has 8 heteroatoms. The number of hydrogen-bond acceptors (Lipinski definition) is 4. The third-order valence-corrected chi connectivity index (χ3v) is 2.00. The van der Waals surface area contributed by atoms with Crippen molar-refractivity contribution < 1.29 is 37.7 Å². The second kappa shape index (κ2) is 5.50. The highest BCUT2D eigenvalue weighted by molar-refractivity contribution is 5.81. The molecule has 5 nitrogen and oxygen atoms in total. The fourth-order valence-electron chi connectivity index (χ4n) is 1.22. The van der Waals surface area contributed by atoms with Gasteiger partial charge in [-0.05, 0) is 12.1 Å². The van der Waals surface area contributed by atoms with Gasteiger partial charge >= 0.3 is 12.6 Å². The Labute approximate surface area is 98.4 Å². The minimum atomic E-state index is -3.27. The summed E-state index contributed by atoms with van der Waals surface area (Å²) >= 11 is 0. The molecule has 0 aliphatic heterocycles. The summed E-state index contributed by atoms with van der Waals surface area (Å²) in [6, 6.07) is 1.05. The van der Waals surface area contributed by atoms with Crippen molar-refractivity contribution in [3.63, 3.8) is 0 Å². The van der Waals surface area contributed by atoms with E-state index >= 15 is 0 Å². The van der Waals surface area contributed by atoms with Gasteiger partial charge in [-0.15, -0.1) is 0 Å². The summed E-state index contributed by atoms with van der Waals surface area (Å²) < 4.78 is 41.3. The molecule has 0 aliphatic carbocycles. The van der Waals surface area contributed by atoms with Crippen LogP contribution in [0.25, 0.3) is 0 Å². The number of aliphatic hydroxyl groups is 1. The zero-order chi connectivity index (χ0) is 13.9. The Hall–Kier alpha value is -2.09. The van der Waals surface area contributed by atoms with Gasteiger partial charge in [-0.1, -0.05) is 0 Å². The zero-order valence-electron chi connectivity index (χ0n) is 8.64. The Morgan fingerprint density at radius 2 is 2.00 bits per heavy atom. The molecule has 0 amide bonds. The fraction of sp³-hybridized carbons (Fsp3) is 0.200. The number of aliphatic hydroxyl groups excluding tert-OH is 1. The summed E-state index contributed by atoms with van der Waals surface area (Å²) in [6.07, 6.45) is -2.18. The lowest BCUT2D eigenvalue weighted by Crippen LogP contribution is -2.14. The Balaban J connectivity index is 3.29. The standard InChI is InChI=1S/C10H7F3O5/c11-6-1-4(3-14)7(18-10(12)13)2-5(6)8(15)9(16)17/h1-3,8,10,15H,(H,16,17). The number of hydrogen-bond donors (Lipinski definition) is 2. The van der Waals surface area contributed by atoms with E-state index in [0.717, 1.165) is 0 Å². The van der Waals surface area contributed by atoms with Gasteiger partial charge in [0.2, 0.25) is 0 Å². The summed E-state index contributed by atoms with van der Waals surface area (Å²) in [5.41, 5.74) is -1.29. The SMILES string of the molecule is O=Cc1cc(F)c(C(O)C(=O)O)cc1OC(F)F. The predicted molar refractivity (Wildman–Crippen MR) is 51.0 cm³/mol. The average molecular weight is 264 g/mol. The number of benzene rings is 1. The molecule has 0 aromatic heterocycles. The monoisotopic (exact) mass is 264 g/mol. The fourth-order valence-corrected chi connectivity index (χ4v) is 1.22. The van der Waals surface area contributed by atoms with Crippen molar-refractivity contribution in [1.29, 1.82) is 0 Å². The van der Waals surface area contributed by atoms with Gasteiger partial charge in [-0.25, -0.2) is 9.18 Å². The summed E-state index contributed by atoms with van der Waals surface area (Å²) in [5.74, 6) is -3.69. The van der Waals surface area contributed by atoms with E-state index < -0.39 is 41.4 Å². The number of carbonyl (C=O) groups excluding carboxylic acids is 1. The molecular formula is C10H7F3O5. The summed E-state index contributed by atoms with van der Waals surface area (Å²) in [6.45, 7) is -3.27. The third kappa shape index (κ3) is 2.98. The number of carboxylic acids is 1. The predicted octanol–water partition coefficient (Wildman–Crippen LogP) is 1.36. The third-order valence-electron chi connectivity index (χ3n) is 2.00. The molecule has 1 aromatic rings. The number of halogens is 3. The van der Waals surface area contributed by atoms with Gasteiger partial charge in [0.15, 0.2) is 12.4 Å². The molecule has 0 saturated heterocycles. The first-order chi connectivity index (χ1) is 8.36. The molecule has 0 heterocycles. The van der Waals surface area contributed by atoms with E-state index in [1.54, 1.807) is 0 Å². The van der Waals surface area contributed by atoms with Gasteiger partial charge in [0.25, 0.3) is 0 Å². The molecule has 0 bridgehead atoms. The first kappa shape index (κ1) is 14.0. The van der Waals surface area contributed by atoms with E-state index in [2.05, 4.69) is 4.74 Å². The number of aldehydes is 1. The van der Waals surface area contributed by atoms with Gasteiger partial charge in [0.1, 0.15) is 11.6 Å². The number of aliphatic carboxylic acids is 1. The number of carboxylic acid groups (broad SMARTS) is 1. The minimum absolute atomic E-state index is 0.0672. The molecule has 0 saturated carbocycles. The number of alkyl halides is 2. The maximum absolute atomic E-state index is 13.3. The molecule has 98 valence electrons. The van der Waals surface area contributed by atoms with E-state index in [4.69, 9.17) is 10.2 Å². The van der Waals surface area contributed by atoms with Gasteiger partial charge in [0, 0.05) is 5.56 Å². The largest absolute Gasteiger partial charge is 0.479 e. The van der Waals surface area contributed by atoms with Crippen molar-refractivity contribution in [1.82, 2.24) is 0 Å². The van der Waals surface area contributed by atoms with Crippen LogP contribution < -0.4 is 4.74 Å². The van der Waals surface area contributed by atoms with Crippen LogP contribution >= 0.6 is 0 Å². The Bertz CT molecular complexity index is 475. The average Bonchev–Trinajstić information content (AvgIpc) is 2.29. The van der Waals surface area contributed by atoms with Crippen molar-refractivity contribution in [2.24, 2.45) is 0 Å². The molecule has 0 fully saturated rings. The Morgan fingerprint density at radius 1 is 1.39 bits per heavy atom. The summed E-state index contributed by atoms with van der Waals surface area (Å²) in [5, 5.41) is 17.6. The number of ether oxygens (including phenoxy) is 1. The molecule has 1 atom stereocenters. The van der Waals surface area contributed by atoms with Gasteiger partial charge in [-0.3, -0.25) is 4.79 Å². The second-order valence-corrected chi connectivity index (χ2v) is 3.15. The van der Waals surface area contributed by atoms with Crippen molar-refractivity contribution in [3.05, 3.63) is 29.1 Å². The van der Waals surface area contributed by atoms with Crippen LogP contribution in [-0.2, 0) is 4.79 Å². The first-order valence-corrected chi connectivity index (χ1v) is 4.51. The van der Waals surface area contributed by atoms with Crippen molar-refractivity contribution in [2.45, 2.75) is 12.7 Å². The highest BCUT2D eigenvalue weighted by atomic mass is 19.3.